The Morgan fingerprint density at radius 3 is 2.58 bits per heavy atom. The number of carbonyl (C=O) groups is 3. The topological polar surface area (TPSA) is 66.5 Å². The molecule has 1 N–H and O–H groups in total. The average molecular weight is 350 g/mol. The molecule has 5 heteroatoms. The van der Waals surface area contributed by atoms with Crippen molar-refractivity contribution in [2.45, 2.75) is 33.1 Å². The number of rotatable bonds is 5. The molecule has 26 heavy (non-hydrogen) atoms. The summed E-state index contributed by atoms with van der Waals surface area (Å²) in [6, 6.07) is 13.0. The van der Waals surface area contributed by atoms with Crippen LogP contribution in [0.2, 0.25) is 0 Å². The molecule has 0 bridgehead atoms. The summed E-state index contributed by atoms with van der Waals surface area (Å²) in [6.45, 7) is 4.10. The summed E-state index contributed by atoms with van der Waals surface area (Å²) >= 11 is 0. The maximum atomic E-state index is 12.3. The minimum atomic E-state index is -0.209. The molecule has 0 saturated heterocycles. The van der Waals surface area contributed by atoms with Crippen LogP contribution in [0.5, 0.6) is 0 Å². The third kappa shape index (κ3) is 3.82. The number of benzene rings is 2. The fraction of sp³-hybridized carbons (Fsp3) is 0.286. The van der Waals surface area contributed by atoms with Crippen molar-refractivity contribution in [1.29, 1.82) is 0 Å². The molecule has 2 aromatic carbocycles. The summed E-state index contributed by atoms with van der Waals surface area (Å²) in [4.78, 5) is 37.9. The number of hydrogen-bond donors (Lipinski definition) is 1. The molecule has 0 unspecified atom stereocenters. The Labute approximate surface area is 153 Å². The predicted octanol–water partition coefficient (Wildman–Crippen LogP) is 3.51. The molecule has 1 heterocycles. The van der Waals surface area contributed by atoms with Crippen molar-refractivity contribution in [2.75, 3.05) is 16.8 Å². The normalized spacial score (nSPS) is 12.6. The van der Waals surface area contributed by atoms with Gasteiger partial charge in [-0.3, -0.25) is 14.4 Å². The molecular formula is C21H22N2O3. The highest BCUT2D eigenvalue weighted by atomic mass is 16.2. The number of carbonyl (C=O) groups excluding carboxylic acids is 3. The molecule has 1 aliphatic heterocycles. The van der Waals surface area contributed by atoms with Gasteiger partial charge in [-0.15, -0.1) is 0 Å². The van der Waals surface area contributed by atoms with E-state index >= 15 is 0 Å². The standard InChI is InChI=1S/C21H22N2O3/c1-14-5-3-4-6-18(14)20(25)9-10-21(26)22-17-8-7-16-11-12-23(15(2)24)19(16)13-17/h3-8,13H,9-12H2,1-2H3,(H,22,26). The largest absolute Gasteiger partial charge is 0.326 e. The summed E-state index contributed by atoms with van der Waals surface area (Å²) in [7, 11) is 0. The van der Waals surface area contributed by atoms with Crippen molar-refractivity contribution in [3.05, 3.63) is 59.2 Å². The van der Waals surface area contributed by atoms with Crippen molar-refractivity contribution < 1.29 is 14.4 Å². The lowest BCUT2D eigenvalue weighted by atomic mass is 10.0. The Kier molecular flexibility index (Phi) is 5.16. The molecular weight excluding hydrogens is 328 g/mol. The Morgan fingerprint density at radius 1 is 1.08 bits per heavy atom. The van der Waals surface area contributed by atoms with E-state index in [1.807, 2.05) is 43.3 Å². The second kappa shape index (κ2) is 7.52. The SMILES string of the molecule is CC(=O)N1CCc2ccc(NC(=O)CCC(=O)c3ccccc3C)cc21. The van der Waals surface area contributed by atoms with Crippen LogP contribution in [0, 0.1) is 6.92 Å². The number of anilines is 2. The molecule has 1 aliphatic rings. The molecule has 134 valence electrons. The molecule has 0 spiro atoms. The first-order chi connectivity index (χ1) is 12.5. The number of fused-ring (bicyclic) bond motifs is 1. The number of aryl methyl sites for hydroxylation is 1. The third-order valence-corrected chi connectivity index (χ3v) is 4.67. The van der Waals surface area contributed by atoms with Crippen molar-refractivity contribution in [3.63, 3.8) is 0 Å². The molecule has 2 aromatic rings. The van der Waals surface area contributed by atoms with Gasteiger partial charge in [0.05, 0.1) is 0 Å². The first kappa shape index (κ1) is 17.9. The molecule has 0 saturated carbocycles. The minimum absolute atomic E-state index is 0.00365. The van der Waals surface area contributed by atoms with E-state index in [9.17, 15) is 14.4 Å². The van der Waals surface area contributed by atoms with Crippen LogP contribution in [0.4, 0.5) is 11.4 Å². The zero-order chi connectivity index (χ0) is 18.7. The fourth-order valence-electron chi connectivity index (χ4n) is 3.26. The third-order valence-electron chi connectivity index (χ3n) is 4.67. The summed E-state index contributed by atoms with van der Waals surface area (Å²) in [5, 5.41) is 2.82. The Hall–Kier alpha value is -2.95. The van der Waals surface area contributed by atoms with Gasteiger partial charge >= 0.3 is 0 Å². The molecule has 0 aliphatic carbocycles. The highest BCUT2D eigenvalue weighted by Gasteiger charge is 2.22. The van der Waals surface area contributed by atoms with Crippen LogP contribution in [0.25, 0.3) is 0 Å². The van der Waals surface area contributed by atoms with E-state index in [1.54, 1.807) is 11.0 Å². The Bertz CT molecular complexity index is 873. The quantitative estimate of drug-likeness (QED) is 0.839. The van der Waals surface area contributed by atoms with Crippen LogP contribution in [-0.2, 0) is 16.0 Å². The van der Waals surface area contributed by atoms with E-state index in [0.29, 0.717) is 17.8 Å². The molecule has 3 rings (SSSR count). The molecule has 0 atom stereocenters. The number of Topliss-reactive ketones (excluding diaryl/α,β-unsaturated/α-hetero) is 1. The van der Waals surface area contributed by atoms with Crippen LogP contribution >= 0.6 is 0 Å². The van der Waals surface area contributed by atoms with Gasteiger partial charge in [0.1, 0.15) is 0 Å². The monoisotopic (exact) mass is 350 g/mol. The number of amides is 2. The maximum Gasteiger partial charge on any atom is 0.224 e. The smallest absolute Gasteiger partial charge is 0.224 e. The molecule has 0 fully saturated rings. The summed E-state index contributed by atoms with van der Waals surface area (Å²) in [6.07, 6.45) is 1.12. The van der Waals surface area contributed by atoms with Gasteiger partial charge in [-0.05, 0) is 36.6 Å². The van der Waals surface area contributed by atoms with Crippen molar-refractivity contribution in [1.82, 2.24) is 0 Å². The van der Waals surface area contributed by atoms with Crippen molar-refractivity contribution in [2.24, 2.45) is 0 Å². The first-order valence-corrected chi connectivity index (χ1v) is 8.75. The van der Waals surface area contributed by atoms with Crippen LogP contribution in [0.15, 0.2) is 42.5 Å². The number of hydrogen-bond acceptors (Lipinski definition) is 3. The van der Waals surface area contributed by atoms with E-state index in [2.05, 4.69) is 5.32 Å². The molecule has 0 radical (unpaired) electrons. The van der Waals surface area contributed by atoms with Gasteiger partial charge < -0.3 is 10.2 Å². The van der Waals surface area contributed by atoms with E-state index in [4.69, 9.17) is 0 Å². The van der Waals surface area contributed by atoms with E-state index in [1.165, 1.54) is 6.92 Å². The fourth-order valence-corrected chi connectivity index (χ4v) is 3.26. The molecule has 2 amide bonds. The van der Waals surface area contributed by atoms with E-state index in [0.717, 1.165) is 23.2 Å². The number of nitrogens with one attached hydrogen (secondary N) is 1. The summed E-state index contributed by atoms with van der Waals surface area (Å²) in [5.41, 5.74) is 4.18. The summed E-state index contributed by atoms with van der Waals surface area (Å²) in [5.74, 6) is -0.245. The summed E-state index contributed by atoms with van der Waals surface area (Å²) < 4.78 is 0. The highest BCUT2D eigenvalue weighted by Crippen LogP contribution is 2.31. The van der Waals surface area contributed by atoms with Crippen LogP contribution in [0.3, 0.4) is 0 Å². The average Bonchev–Trinajstić information content (AvgIpc) is 3.03. The Morgan fingerprint density at radius 2 is 1.85 bits per heavy atom. The molecule has 5 nitrogen and oxygen atoms in total. The van der Waals surface area contributed by atoms with Crippen LogP contribution in [0.1, 0.15) is 41.3 Å². The van der Waals surface area contributed by atoms with Crippen LogP contribution in [-0.4, -0.2) is 24.1 Å². The highest BCUT2D eigenvalue weighted by molar-refractivity contribution is 6.01. The second-order valence-corrected chi connectivity index (χ2v) is 6.55. The van der Waals surface area contributed by atoms with Gasteiger partial charge in [0, 0.05) is 43.2 Å². The van der Waals surface area contributed by atoms with Crippen molar-refractivity contribution >= 4 is 29.0 Å². The van der Waals surface area contributed by atoms with Gasteiger partial charge in [0.15, 0.2) is 5.78 Å². The van der Waals surface area contributed by atoms with Gasteiger partial charge in [-0.25, -0.2) is 0 Å². The second-order valence-electron chi connectivity index (χ2n) is 6.55. The number of nitrogens with zero attached hydrogens (tertiary/aromatic N) is 1. The van der Waals surface area contributed by atoms with Gasteiger partial charge in [0.2, 0.25) is 11.8 Å². The number of ketones is 1. The van der Waals surface area contributed by atoms with Gasteiger partial charge in [0.25, 0.3) is 0 Å². The van der Waals surface area contributed by atoms with E-state index in [-0.39, 0.29) is 30.4 Å². The first-order valence-electron chi connectivity index (χ1n) is 8.75. The zero-order valence-electron chi connectivity index (χ0n) is 15.0. The lowest BCUT2D eigenvalue weighted by molar-refractivity contribution is -0.117. The van der Waals surface area contributed by atoms with Crippen molar-refractivity contribution in [3.8, 4) is 0 Å². The minimum Gasteiger partial charge on any atom is -0.326 e. The lowest BCUT2D eigenvalue weighted by Crippen LogP contribution is -2.25. The lowest BCUT2D eigenvalue weighted by Gasteiger charge is -2.15. The van der Waals surface area contributed by atoms with Crippen LogP contribution < -0.4 is 10.2 Å². The Balaban J connectivity index is 1.61. The van der Waals surface area contributed by atoms with Gasteiger partial charge in [-0.2, -0.15) is 0 Å². The molecule has 0 aromatic heterocycles. The van der Waals surface area contributed by atoms with E-state index < -0.39 is 0 Å². The van der Waals surface area contributed by atoms with Gasteiger partial charge in [-0.1, -0.05) is 30.3 Å². The maximum absolute atomic E-state index is 12.3. The predicted molar refractivity (Wildman–Crippen MR) is 102 cm³/mol. The zero-order valence-corrected chi connectivity index (χ0v) is 15.0.